The number of nitrogens with one attached hydrogen (secondary N) is 1. The van der Waals surface area contributed by atoms with Crippen LogP contribution in [0.1, 0.15) is 50.3 Å². The second-order valence-electron chi connectivity index (χ2n) is 6.96. The zero-order valence-electron chi connectivity index (χ0n) is 14.1. The van der Waals surface area contributed by atoms with Crippen LogP contribution in [0.3, 0.4) is 0 Å². The van der Waals surface area contributed by atoms with Crippen LogP contribution < -0.4 is 10.1 Å². The monoisotopic (exact) mass is 335 g/mol. The smallest absolute Gasteiger partial charge is 0.406 e. The van der Waals surface area contributed by atoms with E-state index in [1.807, 2.05) is 12.1 Å². The van der Waals surface area contributed by atoms with E-state index in [-0.39, 0.29) is 11.2 Å². The molecule has 24 heavy (non-hydrogen) atoms. The van der Waals surface area contributed by atoms with Crippen molar-refractivity contribution in [1.29, 1.82) is 0 Å². The van der Waals surface area contributed by atoms with Crippen molar-refractivity contribution in [3.63, 3.8) is 0 Å². The number of fused-ring (bicyclic) bond motifs is 2. The Morgan fingerprint density at radius 3 is 2.29 bits per heavy atom. The Morgan fingerprint density at radius 2 is 1.67 bits per heavy atom. The highest BCUT2D eigenvalue weighted by molar-refractivity contribution is 5.76. The van der Waals surface area contributed by atoms with E-state index in [0.29, 0.717) is 11.6 Å². The molecule has 2 aromatic rings. The topological polar surface area (TPSA) is 21.3 Å². The van der Waals surface area contributed by atoms with Gasteiger partial charge in [0.25, 0.3) is 0 Å². The Morgan fingerprint density at radius 1 is 0.958 bits per heavy atom. The summed E-state index contributed by atoms with van der Waals surface area (Å²) in [5.74, 6) is 0.196. The molecular formula is C19H20F3NO. The van der Waals surface area contributed by atoms with Crippen molar-refractivity contribution in [2.45, 2.75) is 45.4 Å². The highest BCUT2D eigenvalue weighted by Gasteiger charge is 2.35. The molecule has 128 valence electrons. The Balaban J connectivity index is 2.05. The first kappa shape index (κ1) is 16.7. The number of halogens is 3. The summed E-state index contributed by atoms with van der Waals surface area (Å²) in [5.41, 5.74) is 4.59. The van der Waals surface area contributed by atoms with Gasteiger partial charge in [0.15, 0.2) is 0 Å². The molecule has 0 radical (unpaired) electrons. The highest BCUT2D eigenvalue weighted by atomic mass is 19.4. The van der Waals surface area contributed by atoms with E-state index in [9.17, 15) is 13.2 Å². The lowest BCUT2D eigenvalue weighted by molar-refractivity contribution is -0.274. The molecule has 5 heteroatoms. The van der Waals surface area contributed by atoms with Gasteiger partial charge in [-0.3, -0.25) is 0 Å². The van der Waals surface area contributed by atoms with Crippen LogP contribution in [0, 0.1) is 0 Å². The average molecular weight is 335 g/mol. The molecule has 0 saturated carbocycles. The summed E-state index contributed by atoms with van der Waals surface area (Å²) in [6.45, 7) is 8.44. The van der Waals surface area contributed by atoms with Gasteiger partial charge in [0.05, 0.1) is 0 Å². The third kappa shape index (κ3) is 2.95. The van der Waals surface area contributed by atoms with Crippen molar-refractivity contribution in [1.82, 2.24) is 0 Å². The fourth-order valence-electron chi connectivity index (χ4n) is 3.21. The lowest BCUT2D eigenvalue weighted by Crippen LogP contribution is -2.26. The van der Waals surface area contributed by atoms with Gasteiger partial charge in [0.1, 0.15) is 5.75 Å². The molecule has 0 bridgehead atoms. The maximum atomic E-state index is 12.4. The number of hydrogen-bond donors (Lipinski definition) is 1. The number of alkyl halides is 3. The third-order valence-corrected chi connectivity index (χ3v) is 4.55. The molecule has 0 aromatic heterocycles. The van der Waals surface area contributed by atoms with Crippen molar-refractivity contribution in [2.24, 2.45) is 0 Å². The second kappa shape index (κ2) is 5.43. The van der Waals surface area contributed by atoms with Gasteiger partial charge in [-0.15, -0.1) is 13.2 Å². The largest absolute Gasteiger partial charge is 0.573 e. The van der Waals surface area contributed by atoms with E-state index >= 15 is 0 Å². The Labute approximate surface area is 139 Å². The summed E-state index contributed by atoms with van der Waals surface area (Å²) >= 11 is 0. The summed E-state index contributed by atoms with van der Waals surface area (Å²) in [6.07, 6.45) is -4.69. The number of ether oxygens (including phenoxy) is 1. The number of benzene rings is 2. The van der Waals surface area contributed by atoms with Crippen LogP contribution in [-0.2, 0) is 5.41 Å². The second-order valence-corrected chi connectivity index (χ2v) is 6.96. The highest BCUT2D eigenvalue weighted by Crippen LogP contribution is 2.47. The van der Waals surface area contributed by atoms with E-state index in [2.05, 4.69) is 43.8 Å². The lowest BCUT2D eigenvalue weighted by Gasteiger charge is -2.36. The lowest BCUT2D eigenvalue weighted by atomic mass is 9.73. The van der Waals surface area contributed by atoms with Crippen LogP contribution in [0.5, 0.6) is 5.75 Å². The fraction of sp³-hybridized carbons (Fsp3) is 0.368. The van der Waals surface area contributed by atoms with Crippen LogP contribution in [-0.4, -0.2) is 6.36 Å². The fourth-order valence-corrected chi connectivity index (χ4v) is 3.21. The van der Waals surface area contributed by atoms with E-state index < -0.39 is 6.36 Å². The molecule has 1 aliphatic heterocycles. The van der Waals surface area contributed by atoms with Crippen LogP contribution in [0.15, 0.2) is 36.4 Å². The molecule has 1 N–H and O–H groups in total. The number of hydrogen-bond acceptors (Lipinski definition) is 2. The van der Waals surface area contributed by atoms with Crippen LogP contribution in [0.25, 0.3) is 0 Å². The predicted molar refractivity (Wildman–Crippen MR) is 89.1 cm³/mol. The predicted octanol–water partition coefficient (Wildman–Crippen LogP) is 6.09. The molecule has 1 aliphatic rings. The quantitative estimate of drug-likeness (QED) is 0.717. The number of rotatable bonds is 2. The molecular weight excluding hydrogens is 315 g/mol. The molecule has 0 fully saturated rings. The molecule has 0 unspecified atom stereocenters. The maximum Gasteiger partial charge on any atom is 0.573 e. The van der Waals surface area contributed by atoms with Gasteiger partial charge in [-0.1, -0.05) is 45.9 Å². The van der Waals surface area contributed by atoms with Crippen molar-refractivity contribution in [3.8, 4) is 5.75 Å². The van der Waals surface area contributed by atoms with Crippen LogP contribution in [0.4, 0.5) is 24.5 Å². The normalized spacial score (nSPS) is 15.5. The summed E-state index contributed by atoms with van der Waals surface area (Å²) in [5, 5.41) is 3.24. The third-order valence-electron chi connectivity index (χ3n) is 4.55. The van der Waals surface area contributed by atoms with Crippen molar-refractivity contribution >= 4 is 11.4 Å². The molecule has 0 aliphatic carbocycles. The van der Waals surface area contributed by atoms with E-state index in [1.165, 1.54) is 17.7 Å². The first-order valence-corrected chi connectivity index (χ1v) is 7.89. The summed E-state index contributed by atoms with van der Waals surface area (Å²) < 4.78 is 41.4. The minimum absolute atomic E-state index is 0.216. The molecule has 0 amide bonds. The van der Waals surface area contributed by atoms with Gasteiger partial charge in [-0.2, -0.15) is 0 Å². The molecule has 0 saturated heterocycles. The van der Waals surface area contributed by atoms with Crippen LogP contribution >= 0.6 is 0 Å². The zero-order valence-corrected chi connectivity index (χ0v) is 14.1. The van der Waals surface area contributed by atoms with E-state index in [0.717, 1.165) is 16.8 Å². The Kier molecular flexibility index (Phi) is 3.78. The minimum Gasteiger partial charge on any atom is -0.406 e. The first-order chi connectivity index (χ1) is 11.1. The standard InChI is InChI=1S/C19H20F3NO/c1-11(2)12-5-8-16-15(9-12)18(3,4)14-7-6-13(10-17(14)23-16)24-19(20,21)22/h5-11,23H,1-4H3. The van der Waals surface area contributed by atoms with Gasteiger partial charge in [-0.05, 0) is 34.7 Å². The minimum atomic E-state index is -4.69. The van der Waals surface area contributed by atoms with Gasteiger partial charge in [0, 0.05) is 22.9 Å². The molecule has 2 aromatic carbocycles. The van der Waals surface area contributed by atoms with Gasteiger partial charge < -0.3 is 10.1 Å². The number of anilines is 2. The zero-order chi connectivity index (χ0) is 17.7. The summed E-state index contributed by atoms with van der Waals surface area (Å²) in [4.78, 5) is 0. The summed E-state index contributed by atoms with van der Waals surface area (Å²) in [6, 6.07) is 10.7. The maximum absolute atomic E-state index is 12.4. The molecule has 0 spiro atoms. The Hall–Kier alpha value is -2.17. The average Bonchev–Trinajstić information content (AvgIpc) is 2.44. The van der Waals surface area contributed by atoms with Crippen molar-refractivity contribution < 1.29 is 17.9 Å². The van der Waals surface area contributed by atoms with Crippen molar-refractivity contribution in [3.05, 3.63) is 53.1 Å². The van der Waals surface area contributed by atoms with E-state index in [4.69, 9.17) is 0 Å². The van der Waals surface area contributed by atoms with Gasteiger partial charge in [-0.25, -0.2) is 0 Å². The van der Waals surface area contributed by atoms with Crippen LogP contribution in [0.2, 0.25) is 0 Å². The Bertz CT molecular complexity index is 779. The van der Waals surface area contributed by atoms with Gasteiger partial charge >= 0.3 is 6.36 Å². The summed E-state index contributed by atoms with van der Waals surface area (Å²) in [7, 11) is 0. The molecule has 1 heterocycles. The SMILES string of the molecule is CC(C)c1ccc2c(c1)C(C)(C)c1ccc(OC(F)(F)F)cc1N2. The first-order valence-electron chi connectivity index (χ1n) is 7.89. The van der Waals surface area contributed by atoms with Crippen molar-refractivity contribution in [2.75, 3.05) is 5.32 Å². The van der Waals surface area contributed by atoms with Gasteiger partial charge in [0.2, 0.25) is 0 Å². The molecule has 0 atom stereocenters. The molecule has 3 rings (SSSR count). The molecule has 2 nitrogen and oxygen atoms in total. The van der Waals surface area contributed by atoms with E-state index in [1.54, 1.807) is 6.07 Å².